The molecule has 3 rings (SSSR count). The fourth-order valence-corrected chi connectivity index (χ4v) is 6.07. The molecule has 2 N–H and O–H groups in total. The molecule has 0 aliphatic carbocycles. The zero-order valence-electron chi connectivity index (χ0n) is 27.6. The second-order valence-electron chi connectivity index (χ2n) is 12.6. The Kier molecular flexibility index (Phi) is 14.2. The lowest BCUT2D eigenvalue weighted by Crippen LogP contribution is -2.42. The van der Waals surface area contributed by atoms with Crippen LogP contribution in [-0.2, 0) is 10.1 Å². The number of nitrogens with zero attached hydrogens (tertiary/aromatic N) is 2. The number of fused-ring (bicyclic) bond motifs is 1. The maximum Gasteiger partial charge on any atom is 0.265 e. The number of quaternary nitrogens is 1. The molecule has 0 aliphatic heterocycles. The third kappa shape index (κ3) is 12.0. The molecule has 3 aromatic rings. The molecule has 10 heteroatoms. The third-order valence-electron chi connectivity index (χ3n) is 8.24. The van der Waals surface area contributed by atoms with Crippen molar-refractivity contribution in [3.63, 3.8) is 0 Å². The van der Waals surface area contributed by atoms with Gasteiger partial charge in [-0.05, 0) is 55.3 Å². The fourth-order valence-electron chi connectivity index (χ4n) is 5.57. The molecule has 0 saturated carbocycles. The van der Waals surface area contributed by atoms with E-state index in [9.17, 15) is 18.3 Å². The van der Waals surface area contributed by atoms with Crippen LogP contribution >= 0.6 is 0 Å². The Labute approximate surface area is 269 Å². The van der Waals surface area contributed by atoms with E-state index in [0.717, 1.165) is 38.2 Å². The molecule has 0 spiro atoms. The number of hydrogen-bond acceptors (Lipinski definition) is 7. The fraction of sp³-hybridized carbons (Fsp3) is 0.571. The molecule has 0 radical (unpaired) electrons. The van der Waals surface area contributed by atoms with Crippen LogP contribution in [0.1, 0.15) is 78.1 Å². The molecular formula is C35H53N2O7S+. The van der Waals surface area contributed by atoms with Gasteiger partial charge in [0.1, 0.15) is 11.3 Å². The minimum atomic E-state index is -3.95. The van der Waals surface area contributed by atoms with Crippen LogP contribution in [0.5, 0.6) is 11.5 Å². The van der Waals surface area contributed by atoms with Crippen molar-refractivity contribution in [3.05, 3.63) is 52.7 Å². The monoisotopic (exact) mass is 645 g/mol. The van der Waals surface area contributed by atoms with E-state index in [0.29, 0.717) is 47.4 Å². The van der Waals surface area contributed by atoms with E-state index in [1.165, 1.54) is 38.5 Å². The van der Waals surface area contributed by atoms with Gasteiger partial charge in [0.2, 0.25) is 11.2 Å². The van der Waals surface area contributed by atoms with Gasteiger partial charge in [-0.25, -0.2) is 0 Å². The van der Waals surface area contributed by atoms with E-state index in [4.69, 9.17) is 13.7 Å². The highest BCUT2D eigenvalue weighted by Crippen LogP contribution is 2.32. The molecule has 0 amide bonds. The Bertz CT molecular complexity index is 1490. The number of anilines is 1. The van der Waals surface area contributed by atoms with Crippen molar-refractivity contribution in [2.45, 2.75) is 78.1 Å². The lowest BCUT2D eigenvalue weighted by molar-refractivity contribution is -0.890. The first kappa shape index (κ1) is 36.4. The minimum absolute atomic E-state index is 0.152. The van der Waals surface area contributed by atoms with E-state index in [-0.39, 0.29) is 16.9 Å². The molecule has 9 nitrogen and oxygen atoms in total. The topological polar surface area (TPSA) is 117 Å². The van der Waals surface area contributed by atoms with E-state index in [2.05, 4.69) is 18.7 Å². The summed E-state index contributed by atoms with van der Waals surface area (Å²) in [6.45, 7) is 8.24. The Balaban J connectivity index is 1.66. The Morgan fingerprint density at radius 3 is 2.07 bits per heavy atom. The molecule has 1 aromatic heterocycles. The van der Waals surface area contributed by atoms with Crippen LogP contribution in [0.15, 0.2) is 51.7 Å². The van der Waals surface area contributed by atoms with Crippen LogP contribution in [0.4, 0.5) is 5.69 Å². The van der Waals surface area contributed by atoms with Gasteiger partial charge in [0.05, 0.1) is 44.9 Å². The molecule has 0 bridgehead atoms. The number of hydrogen-bond donors (Lipinski definition) is 2. The summed E-state index contributed by atoms with van der Waals surface area (Å²) in [5.41, 5.74) is 1.64. The van der Waals surface area contributed by atoms with E-state index in [1.54, 1.807) is 18.2 Å². The number of aromatic hydroxyl groups is 1. The number of rotatable bonds is 21. The molecule has 45 heavy (non-hydrogen) atoms. The van der Waals surface area contributed by atoms with Crippen LogP contribution in [0, 0.1) is 0 Å². The van der Waals surface area contributed by atoms with E-state index < -0.39 is 21.3 Å². The normalized spacial score (nSPS) is 12.1. The van der Waals surface area contributed by atoms with Crippen LogP contribution in [0.3, 0.4) is 0 Å². The van der Waals surface area contributed by atoms with Crippen LogP contribution in [0.2, 0.25) is 0 Å². The maximum absolute atomic E-state index is 13.2. The lowest BCUT2D eigenvalue weighted by Gasteiger charge is -2.29. The summed E-state index contributed by atoms with van der Waals surface area (Å²) >= 11 is 0. The van der Waals surface area contributed by atoms with Gasteiger partial charge < -0.3 is 23.6 Å². The smallest absolute Gasteiger partial charge is 0.265 e. The summed E-state index contributed by atoms with van der Waals surface area (Å²) < 4.78 is 43.4. The second-order valence-corrected chi connectivity index (χ2v) is 14.2. The van der Waals surface area contributed by atoms with Crippen molar-refractivity contribution >= 4 is 26.8 Å². The molecular weight excluding hydrogens is 592 g/mol. The standard InChI is InChI=1S/C35H52N2O7S/c1-5-7-9-11-21-36(22-12-10-8-6-2)29-17-15-28(16-18-29)35-34(39)33(38)31-27-30(19-20-32(31)44-35)43-25-13-23-37(3,4)24-14-26-45(40,41)42/h15-20,27H,5-14,21-26H2,1-4H3,(H-,39,40,41,42)/p+1. The molecule has 0 saturated heterocycles. The summed E-state index contributed by atoms with van der Waals surface area (Å²) in [4.78, 5) is 15.6. The molecule has 0 unspecified atom stereocenters. The highest BCUT2D eigenvalue weighted by Gasteiger charge is 2.18. The average molecular weight is 646 g/mol. The quantitative estimate of drug-likeness (QED) is 0.0707. The third-order valence-corrected chi connectivity index (χ3v) is 9.04. The number of unbranched alkanes of at least 4 members (excludes halogenated alkanes) is 6. The first-order valence-corrected chi connectivity index (χ1v) is 18.1. The van der Waals surface area contributed by atoms with Crippen molar-refractivity contribution in [3.8, 4) is 22.8 Å². The summed E-state index contributed by atoms with van der Waals surface area (Å²) in [6, 6.07) is 12.9. The van der Waals surface area contributed by atoms with Gasteiger partial charge >= 0.3 is 0 Å². The van der Waals surface area contributed by atoms with Crippen LogP contribution in [0.25, 0.3) is 22.3 Å². The highest BCUT2D eigenvalue weighted by atomic mass is 32.2. The summed E-state index contributed by atoms with van der Waals surface area (Å²) in [6.07, 6.45) is 10.8. The highest BCUT2D eigenvalue weighted by molar-refractivity contribution is 7.85. The van der Waals surface area contributed by atoms with E-state index >= 15 is 0 Å². The number of benzene rings is 2. The van der Waals surface area contributed by atoms with Crippen molar-refractivity contribution in [1.82, 2.24) is 0 Å². The minimum Gasteiger partial charge on any atom is -0.502 e. The van der Waals surface area contributed by atoms with Crippen molar-refractivity contribution in [2.75, 3.05) is 57.5 Å². The average Bonchev–Trinajstić information content (AvgIpc) is 3.00. The van der Waals surface area contributed by atoms with Crippen LogP contribution < -0.4 is 15.1 Å². The summed E-state index contributed by atoms with van der Waals surface area (Å²) in [5, 5.41) is 11.1. The maximum atomic E-state index is 13.2. The largest absolute Gasteiger partial charge is 0.502 e. The molecule has 0 aliphatic rings. The Morgan fingerprint density at radius 1 is 0.844 bits per heavy atom. The summed E-state index contributed by atoms with van der Waals surface area (Å²) in [5.74, 6) is -0.0192. The predicted molar refractivity (Wildman–Crippen MR) is 183 cm³/mol. The summed E-state index contributed by atoms with van der Waals surface area (Å²) in [7, 11) is 0.0441. The first-order chi connectivity index (χ1) is 21.4. The Morgan fingerprint density at radius 2 is 1.47 bits per heavy atom. The van der Waals surface area contributed by atoms with Gasteiger partial charge in [0.25, 0.3) is 10.1 Å². The molecule has 1 heterocycles. The van der Waals surface area contributed by atoms with E-state index in [1.807, 2.05) is 38.4 Å². The number of ether oxygens (including phenoxy) is 1. The molecule has 0 atom stereocenters. The van der Waals surface area contributed by atoms with Gasteiger partial charge in [0, 0.05) is 37.2 Å². The zero-order chi connectivity index (χ0) is 32.9. The van der Waals surface area contributed by atoms with Gasteiger partial charge in [-0.1, -0.05) is 52.4 Å². The van der Waals surface area contributed by atoms with Gasteiger partial charge in [0.15, 0.2) is 5.76 Å². The Hall–Kier alpha value is -3.08. The van der Waals surface area contributed by atoms with Crippen molar-refractivity contribution in [2.24, 2.45) is 0 Å². The van der Waals surface area contributed by atoms with Gasteiger partial charge in [-0.15, -0.1) is 0 Å². The first-order valence-electron chi connectivity index (χ1n) is 16.5. The molecule has 250 valence electrons. The second kappa shape index (κ2) is 17.6. The molecule has 2 aromatic carbocycles. The zero-order valence-corrected chi connectivity index (χ0v) is 28.4. The predicted octanol–water partition coefficient (Wildman–Crippen LogP) is 7.26. The lowest BCUT2D eigenvalue weighted by atomic mass is 10.1. The van der Waals surface area contributed by atoms with Gasteiger partial charge in [-0.2, -0.15) is 8.42 Å². The molecule has 0 fully saturated rings. The van der Waals surface area contributed by atoms with Crippen LogP contribution in [-0.4, -0.2) is 75.2 Å². The SMILES string of the molecule is CCCCCCN(CCCCCC)c1ccc(-c2oc3ccc(OCCC[N+](C)(C)CCCS(=O)(=O)O)cc3c(=O)c2O)cc1. The van der Waals surface area contributed by atoms with Gasteiger partial charge in [-0.3, -0.25) is 9.35 Å². The van der Waals surface area contributed by atoms with Crippen molar-refractivity contribution < 1.29 is 31.7 Å². The van der Waals surface area contributed by atoms with Crippen molar-refractivity contribution in [1.29, 1.82) is 0 Å².